The van der Waals surface area contributed by atoms with Crippen LogP contribution in [0.25, 0.3) is 33.5 Å². The Kier molecular flexibility index (Phi) is 3.65. The molecule has 0 bridgehead atoms. The predicted molar refractivity (Wildman–Crippen MR) is 97.3 cm³/mol. The molecule has 3 heterocycles. The number of nitrogen functional groups attached to an aromatic ring is 1. The standard InChI is InChI=1S/C18H16N6O2/c1-24-9-12(8-21-24)11-5-13(16(19)20-7-11)17-22-14-4-3-10(18(25)26-2)6-15(14)23-17/h3-9H,1-2H3,(H2,19,20)(H,22,23). The van der Waals surface area contributed by atoms with Crippen molar-refractivity contribution in [3.8, 4) is 22.5 Å². The number of pyridine rings is 1. The second kappa shape index (κ2) is 5.99. The number of aromatic amines is 1. The molecule has 0 aliphatic heterocycles. The van der Waals surface area contributed by atoms with Gasteiger partial charge in [0.2, 0.25) is 0 Å². The highest BCUT2D eigenvalue weighted by Crippen LogP contribution is 2.29. The number of anilines is 1. The first-order valence-corrected chi connectivity index (χ1v) is 7.88. The number of esters is 1. The highest BCUT2D eigenvalue weighted by Gasteiger charge is 2.14. The van der Waals surface area contributed by atoms with Crippen LogP contribution in [0.5, 0.6) is 0 Å². The maximum absolute atomic E-state index is 11.7. The first-order valence-electron chi connectivity index (χ1n) is 7.88. The van der Waals surface area contributed by atoms with E-state index >= 15 is 0 Å². The van der Waals surface area contributed by atoms with Gasteiger partial charge in [-0.05, 0) is 24.3 Å². The van der Waals surface area contributed by atoms with Gasteiger partial charge >= 0.3 is 5.97 Å². The topological polar surface area (TPSA) is 112 Å². The number of nitrogens with zero attached hydrogens (tertiary/aromatic N) is 4. The molecule has 0 aliphatic rings. The fraction of sp³-hybridized carbons (Fsp3) is 0.111. The van der Waals surface area contributed by atoms with Gasteiger partial charge in [-0.2, -0.15) is 5.10 Å². The molecule has 0 saturated carbocycles. The van der Waals surface area contributed by atoms with Crippen LogP contribution in [0.1, 0.15) is 10.4 Å². The molecule has 0 spiro atoms. The normalized spacial score (nSPS) is 11.0. The van der Waals surface area contributed by atoms with E-state index < -0.39 is 5.97 Å². The number of H-pyrrole nitrogens is 1. The molecule has 3 N–H and O–H groups in total. The van der Waals surface area contributed by atoms with Crippen LogP contribution in [0.4, 0.5) is 5.82 Å². The van der Waals surface area contributed by atoms with Gasteiger partial charge in [0.1, 0.15) is 11.6 Å². The quantitative estimate of drug-likeness (QED) is 0.550. The lowest BCUT2D eigenvalue weighted by atomic mass is 10.1. The Morgan fingerprint density at radius 1 is 1.23 bits per heavy atom. The van der Waals surface area contributed by atoms with Gasteiger partial charge in [-0.3, -0.25) is 4.68 Å². The fourth-order valence-electron chi connectivity index (χ4n) is 2.78. The molecule has 8 nitrogen and oxygen atoms in total. The summed E-state index contributed by atoms with van der Waals surface area (Å²) in [6.07, 6.45) is 5.37. The van der Waals surface area contributed by atoms with Crippen LogP contribution in [-0.4, -0.2) is 37.8 Å². The lowest BCUT2D eigenvalue weighted by Crippen LogP contribution is -2.00. The number of imidazole rings is 1. The van der Waals surface area contributed by atoms with E-state index in [1.807, 2.05) is 19.3 Å². The lowest BCUT2D eigenvalue weighted by Gasteiger charge is -2.04. The Morgan fingerprint density at radius 3 is 2.81 bits per heavy atom. The number of aryl methyl sites for hydroxylation is 1. The third-order valence-corrected chi connectivity index (χ3v) is 4.11. The van der Waals surface area contributed by atoms with Crippen molar-refractivity contribution in [2.75, 3.05) is 12.8 Å². The molecule has 0 saturated heterocycles. The summed E-state index contributed by atoms with van der Waals surface area (Å²) in [5.74, 6) is 0.547. The SMILES string of the molecule is COC(=O)c1ccc2nc(-c3cc(-c4cnn(C)c4)cnc3N)[nH]c2c1. The van der Waals surface area contributed by atoms with Gasteiger partial charge in [-0.15, -0.1) is 0 Å². The molecule has 4 aromatic rings. The van der Waals surface area contributed by atoms with E-state index in [0.717, 1.165) is 16.6 Å². The number of nitrogens with one attached hydrogen (secondary N) is 1. The number of fused-ring (bicyclic) bond motifs is 1. The molecule has 1 aromatic carbocycles. The molecule has 8 heteroatoms. The van der Waals surface area contributed by atoms with Crippen LogP contribution >= 0.6 is 0 Å². The Labute approximate surface area is 148 Å². The minimum atomic E-state index is -0.400. The molecule has 0 unspecified atom stereocenters. The zero-order valence-corrected chi connectivity index (χ0v) is 14.2. The summed E-state index contributed by atoms with van der Waals surface area (Å²) in [5, 5.41) is 4.18. The zero-order chi connectivity index (χ0) is 18.3. The van der Waals surface area contributed by atoms with Crippen molar-refractivity contribution in [3.63, 3.8) is 0 Å². The second-order valence-electron chi connectivity index (χ2n) is 5.87. The third kappa shape index (κ3) is 2.67. The average molecular weight is 348 g/mol. The lowest BCUT2D eigenvalue weighted by molar-refractivity contribution is 0.0601. The summed E-state index contributed by atoms with van der Waals surface area (Å²) >= 11 is 0. The minimum absolute atomic E-state index is 0.366. The summed E-state index contributed by atoms with van der Waals surface area (Å²) in [7, 11) is 3.20. The Morgan fingerprint density at radius 2 is 2.08 bits per heavy atom. The number of ether oxygens (including phenoxy) is 1. The molecule has 0 fully saturated rings. The highest BCUT2D eigenvalue weighted by atomic mass is 16.5. The number of hydrogen-bond donors (Lipinski definition) is 2. The van der Waals surface area contributed by atoms with E-state index in [-0.39, 0.29) is 0 Å². The van der Waals surface area contributed by atoms with Gasteiger partial charge in [0.15, 0.2) is 0 Å². The largest absolute Gasteiger partial charge is 0.465 e. The number of nitrogens with two attached hydrogens (primary N) is 1. The molecular weight excluding hydrogens is 332 g/mol. The summed E-state index contributed by atoms with van der Waals surface area (Å²) < 4.78 is 6.47. The van der Waals surface area contributed by atoms with E-state index in [4.69, 9.17) is 10.5 Å². The Balaban J connectivity index is 1.80. The van der Waals surface area contributed by atoms with E-state index in [1.165, 1.54) is 7.11 Å². The maximum Gasteiger partial charge on any atom is 0.337 e. The number of methoxy groups -OCH3 is 1. The van der Waals surface area contributed by atoms with Gasteiger partial charge in [0.05, 0.1) is 35.5 Å². The number of carbonyl (C=O) groups excluding carboxylic acids is 1. The van der Waals surface area contributed by atoms with Crippen molar-refractivity contribution in [2.45, 2.75) is 0 Å². The number of hydrogen-bond acceptors (Lipinski definition) is 6. The molecule has 26 heavy (non-hydrogen) atoms. The van der Waals surface area contributed by atoms with Crippen molar-refractivity contribution < 1.29 is 9.53 Å². The molecule has 4 rings (SSSR count). The molecule has 0 atom stereocenters. The van der Waals surface area contributed by atoms with Crippen LogP contribution in [0, 0.1) is 0 Å². The van der Waals surface area contributed by atoms with Crippen molar-refractivity contribution in [1.82, 2.24) is 24.7 Å². The minimum Gasteiger partial charge on any atom is -0.465 e. The number of benzene rings is 1. The molecular formula is C18H16N6O2. The van der Waals surface area contributed by atoms with Crippen LogP contribution < -0.4 is 5.73 Å². The summed E-state index contributed by atoms with van der Waals surface area (Å²) in [6, 6.07) is 7.05. The van der Waals surface area contributed by atoms with Crippen LogP contribution in [0.15, 0.2) is 42.9 Å². The van der Waals surface area contributed by atoms with Gasteiger partial charge in [-0.1, -0.05) is 0 Å². The van der Waals surface area contributed by atoms with Gasteiger partial charge in [-0.25, -0.2) is 14.8 Å². The number of aromatic nitrogens is 5. The molecule has 3 aromatic heterocycles. The molecule has 0 radical (unpaired) electrons. The maximum atomic E-state index is 11.7. The van der Waals surface area contributed by atoms with Gasteiger partial charge in [0, 0.05) is 30.6 Å². The predicted octanol–water partition coefficient (Wildman–Crippen LogP) is 2.39. The van der Waals surface area contributed by atoms with Crippen LogP contribution in [0.3, 0.4) is 0 Å². The molecule has 0 aliphatic carbocycles. The number of rotatable bonds is 3. The van der Waals surface area contributed by atoms with E-state index in [2.05, 4.69) is 20.1 Å². The Bertz CT molecular complexity index is 1130. The first-order chi connectivity index (χ1) is 12.5. The summed E-state index contributed by atoms with van der Waals surface area (Å²) in [6.45, 7) is 0. The van der Waals surface area contributed by atoms with Gasteiger partial charge in [0.25, 0.3) is 0 Å². The third-order valence-electron chi connectivity index (χ3n) is 4.11. The first kappa shape index (κ1) is 15.8. The van der Waals surface area contributed by atoms with Crippen molar-refractivity contribution in [1.29, 1.82) is 0 Å². The fourth-order valence-corrected chi connectivity index (χ4v) is 2.78. The Hall–Kier alpha value is -3.68. The second-order valence-corrected chi connectivity index (χ2v) is 5.87. The van der Waals surface area contributed by atoms with E-state index in [1.54, 1.807) is 35.3 Å². The zero-order valence-electron chi connectivity index (χ0n) is 14.2. The summed E-state index contributed by atoms with van der Waals surface area (Å²) in [4.78, 5) is 23.7. The molecule has 0 amide bonds. The highest BCUT2D eigenvalue weighted by molar-refractivity contribution is 5.94. The summed E-state index contributed by atoms with van der Waals surface area (Å²) in [5.41, 5.74) is 10.5. The van der Waals surface area contributed by atoms with Crippen LogP contribution in [0.2, 0.25) is 0 Å². The van der Waals surface area contributed by atoms with Crippen LogP contribution in [-0.2, 0) is 11.8 Å². The van der Waals surface area contributed by atoms with E-state index in [0.29, 0.717) is 28.3 Å². The van der Waals surface area contributed by atoms with Crippen molar-refractivity contribution in [2.24, 2.45) is 7.05 Å². The number of carbonyl (C=O) groups is 1. The van der Waals surface area contributed by atoms with Crippen molar-refractivity contribution in [3.05, 3.63) is 48.4 Å². The smallest absolute Gasteiger partial charge is 0.337 e. The van der Waals surface area contributed by atoms with Gasteiger partial charge < -0.3 is 15.5 Å². The van der Waals surface area contributed by atoms with E-state index in [9.17, 15) is 4.79 Å². The monoisotopic (exact) mass is 348 g/mol. The van der Waals surface area contributed by atoms with Crippen molar-refractivity contribution >= 4 is 22.8 Å². The molecule has 130 valence electrons. The average Bonchev–Trinajstić information content (AvgIpc) is 3.26.